The van der Waals surface area contributed by atoms with E-state index in [9.17, 15) is 0 Å². The van der Waals surface area contributed by atoms with Crippen LogP contribution in [0.1, 0.15) is 5.56 Å². The quantitative estimate of drug-likeness (QED) is 0.379. The Morgan fingerprint density at radius 2 is 1.67 bits per heavy atom. The summed E-state index contributed by atoms with van der Waals surface area (Å²) in [7, 11) is 0. The van der Waals surface area contributed by atoms with Gasteiger partial charge < -0.3 is 22.9 Å². The number of nitrogens with zero attached hydrogens (tertiary/aromatic N) is 2. The highest BCUT2D eigenvalue weighted by Crippen LogP contribution is 2.12. The summed E-state index contributed by atoms with van der Waals surface area (Å²) in [5.41, 5.74) is 22.9. The minimum atomic E-state index is -0.116. The fraction of sp³-hybridized carbons (Fsp3) is 0.111. The van der Waals surface area contributed by atoms with Crippen LogP contribution in [-0.2, 0) is 6.54 Å². The van der Waals surface area contributed by atoms with Crippen LogP contribution in [0.2, 0.25) is 0 Å². The molecule has 0 unspecified atom stereocenters. The van der Waals surface area contributed by atoms with E-state index in [-0.39, 0.29) is 11.9 Å². The van der Waals surface area contributed by atoms with Gasteiger partial charge in [0.1, 0.15) is 0 Å². The van der Waals surface area contributed by atoms with Crippen molar-refractivity contribution in [3.8, 4) is 0 Å². The summed E-state index contributed by atoms with van der Waals surface area (Å²) in [5.74, 6) is -0.0923. The second-order valence-electron chi connectivity index (χ2n) is 2.88. The first kappa shape index (κ1) is 11.0. The Kier molecular flexibility index (Phi) is 3.64. The number of hydrogen-bond donors (Lipinski definition) is 4. The zero-order valence-electron chi connectivity index (χ0n) is 8.22. The highest BCUT2D eigenvalue weighted by Gasteiger charge is 1.93. The van der Waals surface area contributed by atoms with Crippen molar-refractivity contribution in [1.29, 1.82) is 0 Å². The minimum Gasteiger partial charge on any atom is -0.370 e. The summed E-state index contributed by atoms with van der Waals surface area (Å²) in [6.45, 7) is 0.493. The lowest BCUT2D eigenvalue weighted by Gasteiger charge is -1.98. The summed E-state index contributed by atoms with van der Waals surface area (Å²) >= 11 is 0. The topological polar surface area (TPSA) is 129 Å². The average Bonchev–Trinajstić information content (AvgIpc) is 2.17. The smallest absolute Gasteiger partial charge is 0.223 e. The second kappa shape index (κ2) is 4.97. The van der Waals surface area contributed by atoms with Crippen molar-refractivity contribution in [3.63, 3.8) is 0 Å². The summed E-state index contributed by atoms with van der Waals surface area (Å²) in [4.78, 5) is 7.57. The molecule has 0 aliphatic heterocycles. The van der Waals surface area contributed by atoms with Crippen LogP contribution in [-0.4, -0.2) is 11.9 Å². The maximum atomic E-state index is 5.46. The Hall–Kier alpha value is -2.08. The first-order valence-electron chi connectivity index (χ1n) is 4.34. The second-order valence-corrected chi connectivity index (χ2v) is 2.88. The van der Waals surface area contributed by atoms with E-state index in [0.29, 0.717) is 12.2 Å². The van der Waals surface area contributed by atoms with Gasteiger partial charge in [0.2, 0.25) is 5.96 Å². The van der Waals surface area contributed by atoms with Gasteiger partial charge in [-0.3, -0.25) is 0 Å². The van der Waals surface area contributed by atoms with Crippen molar-refractivity contribution >= 4 is 17.6 Å². The molecule has 80 valence electrons. The lowest BCUT2D eigenvalue weighted by molar-refractivity contribution is 1.07. The molecule has 0 aromatic heterocycles. The van der Waals surface area contributed by atoms with Crippen molar-refractivity contribution in [2.45, 2.75) is 6.54 Å². The molecule has 0 heterocycles. The molecule has 0 amide bonds. The van der Waals surface area contributed by atoms with Gasteiger partial charge in [0.25, 0.3) is 0 Å². The van der Waals surface area contributed by atoms with E-state index in [1.54, 1.807) is 12.1 Å². The molecule has 6 heteroatoms. The van der Waals surface area contributed by atoms with Crippen LogP contribution < -0.4 is 22.9 Å². The maximum absolute atomic E-state index is 5.46. The van der Waals surface area contributed by atoms with Gasteiger partial charge in [0, 0.05) is 6.54 Å². The first-order chi connectivity index (χ1) is 7.11. The van der Waals surface area contributed by atoms with Gasteiger partial charge in [-0.25, -0.2) is 4.99 Å². The molecule has 6 nitrogen and oxygen atoms in total. The molecule has 0 saturated heterocycles. The van der Waals surface area contributed by atoms with Crippen LogP contribution in [0.5, 0.6) is 0 Å². The van der Waals surface area contributed by atoms with Gasteiger partial charge in [0.05, 0.1) is 5.69 Å². The molecular formula is C9H14N6. The lowest BCUT2D eigenvalue weighted by atomic mass is 10.2. The summed E-state index contributed by atoms with van der Waals surface area (Å²) < 4.78 is 0. The fourth-order valence-electron chi connectivity index (χ4n) is 0.996. The van der Waals surface area contributed by atoms with E-state index in [4.69, 9.17) is 22.9 Å². The molecule has 0 fully saturated rings. The number of guanidine groups is 2. The molecule has 0 radical (unpaired) electrons. The Labute approximate surface area is 87.7 Å². The SMILES string of the molecule is NCc1ccc(N=C(N)N=C(N)N)cc1. The molecule has 1 aromatic carbocycles. The monoisotopic (exact) mass is 206 g/mol. The van der Waals surface area contributed by atoms with Gasteiger partial charge in [-0.1, -0.05) is 12.1 Å². The predicted molar refractivity (Wildman–Crippen MR) is 61.4 cm³/mol. The molecule has 0 atom stereocenters. The van der Waals surface area contributed by atoms with Crippen LogP contribution in [0, 0.1) is 0 Å². The van der Waals surface area contributed by atoms with Crippen LogP contribution in [0.4, 0.5) is 5.69 Å². The molecule has 8 N–H and O–H groups in total. The fourth-order valence-corrected chi connectivity index (χ4v) is 0.996. The normalized spacial score (nSPS) is 11.1. The van der Waals surface area contributed by atoms with Crippen molar-refractivity contribution in [2.75, 3.05) is 0 Å². The zero-order valence-corrected chi connectivity index (χ0v) is 8.22. The summed E-state index contributed by atoms with van der Waals surface area (Å²) in [6, 6.07) is 7.30. The molecule has 0 spiro atoms. The molecular weight excluding hydrogens is 192 g/mol. The zero-order chi connectivity index (χ0) is 11.3. The van der Waals surface area contributed by atoms with Crippen LogP contribution in [0.25, 0.3) is 0 Å². The highest BCUT2D eigenvalue weighted by molar-refractivity contribution is 5.93. The highest BCUT2D eigenvalue weighted by atomic mass is 15.1. The first-order valence-corrected chi connectivity index (χ1v) is 4.34. The van der Waals surface area contributed by atoms with Gasteiger partial charge in [-0.15, -0.1) is 0 Å². The molecule has 0 aliphatic rings. The molecule has 0 aliphatic carbocycles. The Morgan fingerprint density at radius 1 is 1.07 bits per heavy atom. The van der Waals surface area contributed by atoms with E-state index in [1.807, 2.05) is 12.1 Å². The van der Waals surface area contributed by atoms with E-state index in [0.717, 1.165) is 5.56 Å². The molecule has 0 bridgehead atoms. The molecule has 15 heavy (non-hydrogen) atoms. The van der Waals surface area contributed by atoms with E-state index in [2.05, 4.69) is 9.98 Å². The standard InChI is InChI=1S/C9H14N6/c10-5-6-1-3-7(4-2-6)14-9(13)15-8(11)12/h1-4H,5,10H2,(H6,11,12,13,14,15). The van der Waals surface area contributed by atoms with Crippen molar-refractivity contribution in [3.05, 3.63) is 29.8 Å². The van der Waals surface area contributed by atoms with Crippen LogP contribution >= 0.6 is 0 Å². The molecule has 0 saturated carbocycles. The van der Waals surface area contributed by atoms with Gasteiger partial charge in [0.15, 0.2) is 5.96 Å². The average molecular weight is 206 g/mol. The number of nitrogens with two attached hydrogens (primary N) is 4. The van der Waals surface area contributed by atoms with E-state index >= 15 is 0 Å². The van der Waals surface area contributed by atoms with Crippen LogP contribution in [0.3, 0.4) is 0 Å². The maximum Gasteiger partial charge on any atom is 0.223 e. The van der Waals surface area contributed by atoms with E-state index in [1.165, 1.54) is 0 Å². The number of rotatable bonds is 2. The van der Waals surface area contributed by atoms with Crippen molar-refractivity contribution < 1.29 is 0 Å². The number of hydrogen-bond acceptors (Lipinski definition) is 2. The minimum absolute atomic E-state index is 0.0236. The van der Waals surface area contributed by atoms with E-state index < -0.39 is 0 Å². The summed E-state index contributed by atoms with van der Waals surface area (Å²) in [5, 5.41) is 0. The van der Waals surface area contributed by atoms with Crippen molar-refractivity contribution in [2.24, 2.45) is 32.9 Å². The predicted octanol–water partition coefficient (Wildman–Crippen LogP) is -0.635. The number of aliphatic imine (C=N–C) groups is 2. The Morgan fingerprint density at radius 3 is 2.13 bits per heavy atom. The molecule has 1 aromatic rings. The Bertz CT molecular complexity index is 374. The van der Waals surface area contributed by atoms with Gasteiger partial charge >= 0.3 is 0 Å². The largest absolute Gasteiger partial charge is 0.370 e. The van der Waals surface area contributed by atoms with Gasteiger partial charge in [-0.2, -0.15) is 4.99 Å². The third-order valence-electron chi connectivity index (χ3n) is 1.66. The third-order valence-corrected chi connectivity index (χ3v) is 1.66. The van der Waals surface area contributed by atoms with Gasteiger partial charge in [-0.05, 0) is 17.7 Å². The lowest BCUT2D eigenvalue weighted by Crippen LogP contribution is -2.26. The van der Waals surface area contributed by atoms with Crippen molar-refractivity contribution in [1.82, 2.24) is 0 Å². The Balaban J connectivity index is 2.84. The number of benzene rings is 1. The molecule has 1 rings (SSSR count). The third kappa shape index (κ3) is 3.65. The summed E-state index contributed by atoms with van der Waals surface area (Å²) in [6.07, 6.45) is 0. The van der Waals surface area contributed by atoms with Crippen LogP contribution in [0.15, 0.2) is 34.3 Å².